The summed E-state index contributed by atoms with van der Waals surface area (Å²) >= 11 is 3.35. The number of carbonyl (C=O) groups excluding carboxylic acids is 2. The number of hydrogen-bond acceptors (Lipinski definition) is 5. The SMILES string of the molecule is Cc1ccc(C2C(C(=O)c3cc4cc(Br)ccc4o3)=C(O)C(=O)N2c2ccc(F)c(F)c2)o1. The highest BCUT2D eigenvalue weighted by atomic mass is 79.9. The van der Waals surface area contributed by atoms with E-state index in [4.69, 9.17) is 8.83 Å². The Labute approximate surface area is 193 Å². The third-order valence-electron chi connectivity index (χ3n) is 5.37. The lowest BCUT2D eigenvalue weighted by molar-refractivity contribution is -0.117. The predicted octanol–water partition coefficient (Wildman–Crippen LogP) is 6.16. The summed E-state index contributed by atoms with van der Waals surface area (Å²) in [6.45, 7) is 1.67. The van der Waals surface area contributed by atoms with Crippen LogP contribution in [0.5, 0.6) is 0 Å². The van der Waals surface area contributed by atoms with E-state index >= 15 is 0 Å². The van der Waals surface area contributed by atoms with E-state index < -0.39 is 35.1 Å². The Morgan fingerprint density at radius 3 is 2.52 bits per heavy atom. The summed E-state index contributed by atoms with van der Waals surface area (Å²) in [5.41, 5.74) is 0.0897. The summed E-state index contributed by atoms with van der Waals surface area (Å²) < 4.78 is 39.6. The first-order chi connectivity index (χ1) is 15.7. The van der Waals surface area contributed by atoms with E-state index in [0.717, 1.165) is 21.5 Å². The van der Waals surface area contributed by atoms with Crippen LogP contribution in [0, 0.1) is 18.6 Å². The summed E-state index contributed by atoms with van der Waals surface area (Å²) in [5.74, 6) is -4.25. The molecule has 5 rings (SSSR count). The van der Waals surface area contributed by atoms with Gasteiger partial charge in [0.25, 0.3) is 5.91 Å². The number of aliphatic hydroxyl groups is 1. The van der Waals surface area contributed by atoms with Gasteiger partial charge in [-0.3, -0.25) is 14.5 Å². The van der Waals surface area contributed by atoms with E-state index in [1.165, 1.54) is 12.1 Å². The molecule has 0 fully saturated rings. The van der Waals surface area contributed by atoms with Gasteiger partial charge >= 0.3 is 0 Å². The summed E-state index contributed by atoms with van der Waals surface area (Å²) in [5, 5.41) is 11.4. The molecule has 2 aromatic carbocycles. The molecule has 6 nitrogen and oxygen atoms in total. The third kappa shape index (κ3) is 3.45. The summed E-state index contributed by atoms with van der Waals surface area (Å²) in [6.07, 6.45) is 0. The van der Waals surface area contributed by atoms with E-state index in [2.05, 4.69) is 15.9 Å². The normalized spacial score (nSPS) is 16.3. The molecule has 9 heteroatoms. The van der Waals surface area contributed by atoms with Gasteiger partial charge in [-0.05, 0) is 55.5 Å². The number of hydrogen-bond donors (Lipinski definition) is 1. The first kappa shape index (κ1) is 21.1. The van der Waals surface area contributed by atoms with E-state index in [1.54, 1.807) is 37.3 Å². The van der Waals surface area contributed by atoms with Crippen molar-refractivity contribution in [2.75, 3.05) is 4.90 Å². The van der Waals surface area contributed by atoms with E-state index in [9.17, 15) is 23.5 Å². The maximum Gasteiger partial charge on any atom is 0.294 e. The molecule has 1 unspecified atom stereocenters. The fourth-order valence-electron chi connectivity index (χ4n) is 3.87. The lowest BCUT2D eigenvalue weighted by Gasteiger charge is -2.24. The van der Waals surface area contributed by atoms with Crippen LogP contribution in [-0.2, 0) is 4.79 Å². The number of benzene rings is 2. The van der Waals surface area contributed by atoms with Gasteiger partial charge in [0, 0.05) is 21.6 Å². The van der Waals surface area contributed by atoms with Gasteiger partial charge in [0.2, 0.25) is 5.78 Å². The zero-order chi connectivity index (χ0) is 23.4. The molecule has 0 radical (unpaired) electrons. The van der Waals surface area contributed by atoms with Gasteiger partial charge in [-0.15, -0.1) is 0 Å². The molecule has 166 valence electrons. The topological polar surface area (TPSA) is 83.9 Å². The lowest BCUT2D eigenvalue weighted by Crippen LogP contribution is -2.31. The van der Waals surface area contributed by atoms with E-state index in [1.807, 2.05) is 0 Å². The van der Waals surface area contributed by atoms with Crippen molar-refractivity contribution in [1.82, 2.24) is 0 Å². The highest BCUT2D eigenvalue weighted by molar-refractivity contribution is 9.10. The van der Waals surface area contributed by atoms with Crippen LogP contribution in [0.15, 0.2) is 79.2 Å². The van der Waals surface area contributed by atoms with Crippen LogP contribution in [0.25, 0.3) is 11.0 Å². The van der Waals surface area contributed by atoms with Gasteiger partial charge in [-0.2, -0.15) is 0 Å². The van der Waals surface area contributed by atoms with Crippen molar-refractivity contribution in [1.29, 1.82) is 0 Å². The zero-order valence-electron chi connectivity index (χ0n) is 16.9. The maximum atomic E-state index is 14.0. The number of anilines is 1. The third-order valence-corrected chi connectivity index (χ3v) is 5.86. The molecule has 0 spiro atoms. The Hall–Kier alpha value is -3.72. The molecular formula is C24H14BrF2NO5. The van der Waals surface area contributed by atoms with Crippen molar-refractivity contribution in [3.05, 3.63) is 99.3 Å². The van der Waals surface area contributed by atoms with Gasteiger partial charge in [-0.25, -0.2) is 8.78 Å². The number of halogens is 3. The molecular weight excluding hydrogens is 500 g/mol. The Morgan fingerprint density at radius 1 is 1.03 bits per heavy atom. The second-order valence-corrected chi connectivity index (χ2v) is 8.42. The highest BCUT2D eigenvalue weighted by Gasteiger charge is 2.47. The lowest BCUT2D eigenvalue weighted by atomic mass is 9.99. The number of nitrogens with zero attached hydrogens (tertiary/aromatic N) is 1. The van der Waals surface area contributed by atoms with Gasteiger partial charge in [0.05, 0.1) is 5.57 Å². The van der Waals surface area contributed by atoms with Crippen LogP contribution >= 0.6 is 15.9 Å². The number of fused-ring (bicyclic) bond motifs is 1. The van der Waals surface area contributed by atoms with Gasteiger partial charge in [-0.1, -0.05) is 15.9 Å². The van der Waals surface area contributed by atoms with Gasteiger partial charge < -0.3 is 13.9 Å². The minimum absolute atomic E-state index is 0.0548. The van der Waals surface area contributed by atoms with Crippen LogP contribution in [-0.4, -0.2) is 16.8 Å². The Balaban J connectivity index is 1.65. The smallest absolute Gasteiger partial charge is 0.294 e. The molecule has 1 amide bonds. The Kier molecular flexibility index (Phi) is 4.93. The summed E-state index contributed by atoms with van der Waals surface area (Å²) in [7, 11) is 0. The highest BCUT2D eigenvalue weighted by Crippen LogP contribution is 2.43. The summed E-state index contributed by atoms with van der Waals surface area (Å²) in [4.78, 5) is 27.5. The molecule has 4 aromatic rings. The maximum absolute atomic E-state index is 14.0. The molecule has 1 atom stereocenters. The molecule has 33 heavy (non-hydrogen) atoms. The first-order valence-electron chi connectivity index (χ1n) is 9.76. The average molecular weight is 514 g/mol. The van der Waals surface area contributed by atoms with Crippen molar-refractivity contribution in [2.45, 2.75) is 13.0 Å². The van der Waals surface area contributed by atoms with Crippen molar-refractivity contribution < 1.29 is 32.3 Å². The number of furan rings is 2. The van der Waals surface area contributed by atoms with E-state index in [0.29, 0.717) is 16.7 Å². The molecule has 0 saturated heterocycles. The van der Waals surface area contributed by atoms with Crippen LogP contribution < -0.4 is 4.90 Å². The second-order valence-electron chi connectivity index (χ2n) is 7.51. The molecule has 1 aliphatic heterocycles. The molecule has 2 aromatic heterocycles. The van der Waals surface area contributed by atoms with Crippen molar-refractivity contribution >= 4 is 44.3 Å². The number of aliphatic hydroxyl groups excluding tert-OH is 1. The first-order valence-corrected chi connectivity index (χ1v) is 10.6. The number of rotatable bonds is 4. The molecule has 1 aliphatic rings. The van der Waals surface area contributed by atoms with Crippen molar-refractivity contribution in [3.8, 4) is 0 Å². The Morgan fingerprint density at radius 2 is 1.82 bits per heavy atom. The van der Waals surface area contributed by atoms with E-state index in [-0.39, 0.29) is 22.8 Å². The number of aryl methyl sites for hydroxylation is 1. The summed E-state index contributed by atoms with van der Waals surface area (Å²) in [6, 6.07) is 11.5. The van der Waals surface area contributed by atoms with Gasteiger partial charge in [0.1, 0.15) is 23.1 Å². The minimum Gasteiger partial charge on any atom is -0.503 e. The Bertz CT molecular complexity index is 1490. The predicted molar refractivity (Wildman–Crippen MR) is 118 cm³/mol. The molecule has 0 saturated carbocycles. The average Bonchev–Trinajstić information content (AvgIpc) is 3.46. The van der Waals surface area contributed by atoms with Crippen LogP contribution in [0.1, 0.15) is 28.1 Å². The monoisotopic (exact) mass is 513 g/mol. The number of amides is 1. The molecule has 1 N–H and O–H groups in total. The number of ketones is 1. The standard InChI is InChI=1S/C24H14BrF2NO5/c1-11-2-6-18(32-11)21-20(22(29)19-9-12-8-13(25)3-7-17(12)33-19)23(30)24(31)28(21)14-4-5-15(26)16(27)10-14/h2-10,21,30H,1H3. The largest absolute Gasteiger partial charge is 0.503 e. The van der Waals surface area contributed by atoms with Crippen LogP contribution in [0.2, 0.25) is 0 Å². The molecule has 0 aliphatic carbocycles. The van der Waals surface area contributed by atoms with Crippen molar-refractivity contribution in [2.24, 2.45) is 0 Å². The quantitative estimate of drug-likeness (QED) is 0.330. The van der Waals surface area contributed by atoms with Crippen LogP contribution in [0.4, 0.5) is 14.5 Å². The number of Topliss-reactive ketones (excluding diaryl/α,β-unsaturated/α-hetero) is 1. The zero-order valence-corrected chi connectivity index (χ0v) is 18.5. The molecule has 3 heterocycles. The fourth-order valence-corrected chi connectivity index (χ4v) is 4.25. The van der Waals surface area contributed by atoms with Crippen molar-refractivity contribution in [3.63, 3.8) is 0 Å². The van der Waals surface area contributed by atoms with Gasteiger partial charge in [0.15, 0.2) is 23.2 Å². The van der Waals surface area contributed by atoms with Crippen LogP contribution in [0.3, 0.4) is 0 Å². The fraction of sp³-hybridized carbons (Fsp3) is 0.0833. The molecule has 0 bridgehead atoms. The number of carbonyl (C=O) groups is 2. The minimum atomic E-state index is -1.22. The second kappa shape index (κ2) is 7.70.